The van der Waals surface area contributed by atoms with Gasteiger partial charge in [0.15, 0.2) is 0 Å². The number of thiol groups is 1. The normalized spacial score (nSPS) is 9.47. The van der Waals surface area contributed by atoms with Crippen LogP contribution >= 0.6 is 24.2 Å². The van der Waals surface area contributed by atoms with Gasteiger partial charge in [-0.05, 0) is 19.1 Å². The summed E-state index contributed by atoms with van der Waals surface area (Å²) in [6, 6.07) is 4.72. The van der Waals surface area contributed by atoms with Crippen LogP contribution in [0.25, 0.3) is 0 Å². The molecule has 3 nitrogen and oxygen atoms in total. The van der Waals surface area contributed by atoms with Crippen molar-refractivity contribution in [2.45, 2.75) is 11.8 Å². The van der Waals surface area contributed by atoms with Crippen LogP contribution in [0.3, 0.4) is 0 Å². The first-order valence-electron chi connectivity index (χ1n) is 4.19. The van der Waals surface area contributed by atoms with Crippen molar-refractivity contribution in [3.05, 3.63) is 28.3 Å². The van der Waals surface area contributed by atoms with E-state index in [1.54, 1.807) is 6.92 Å². The van der Waals surface area contributed by atoms with Gasteiger partial charge in [0.1, 0.15) is 6.07 Å². The maximum atomic E-state index is 11.4. The first kappa shape index (κ1) is 11.9. The smallest absolute Gasteiger partial charge is 0.339 e. The summed E-state index contributed by atoms with van der Waals surface area (Å²) in [6.07, 6.45) is 0. The molecule has 0 N–H and O–H groups in total. The predicted molar refractivity (Wildman–Crippen MR) is 59.4 cm³/mol. The molecule has 0 saturated carbocycles. The van der Waals surface area contributed by atoms with Crippen LogP contribution < -0.4 is 0 Å². The van der Waals surface area contributed by atoms with Gasteiger partial charge >= 0.3 is 5.97 Å². The molecule has 0 aliphatic heterocycles. The zero-order valence-electron chi connectivity index (χ0n) is 7.95. The lowest BCUT2D eigenvalue weighted by atomic mass is 10.1. The average molecular weight is 242 g/mol. The zero-order chi connectivity index (χ0) is 11.4. The van der Waals surface area contributed by atoms with Crippen LogP contribution in [-0.4, -0.2) is 12.6 Å². The molecule has 1 aromatic rings. The molecule has 0 amide bonds. The van der Waals surface area contributed by atoms with Crippen LogP contribution in [0.15, 0.2) is 17.0 Å². The number of ether oxygens (including phenoxy) is 1. The Hall–Kier alpha value is -1.18. The molecule has 78 valence electrons. The third kappa shape index (κ3) is 2.65. The third-order valence-corrected chi connectivity index (χ3v) is 2.38. The number of halogens is 1. The Morgan fingerprint density at radius 1 is 1.67 bits per heavy atom. The second-order valence-electron chi connectivity index (χ2n) is 2.68. The Morgan fingerprint density at radius 2 is 2.33 bits per heavy atom. The van der Waals surface area contributed by atoms with Crippen LogP contribution in [0.2, 0.25) is 5.02 Å². The summed E-state index contributed by atoms with van der Waals surface area (Å²) in [5.41, 5.74) is 0.485. The molecule has 0 unspecified atom stereocenters. The fraction of sp³-hybridized carbons (Fsp3) is 0.200. The van der Waals surface area contributed by atoms with E-state index in [2.05, 4.69) is 12.6 Å². The van der Waals surface area contributed by atoms with Gasteiger partial charge in [0.2, 0.25) is 0 Å². The fourth-order valence-electron chi connectivity index (χ4n) is 1.02. The number of nitrogens with zero attached hydrogens (tertiary/aromatic N) is 1. The Morgan fingerprint density at radius 3 is 2.87 bits per heavy atom. The number of nitriles is 1. The van der Waals surface area contributed by atoms with E-state index < -0.39 is 5.97 Å². The monoisotopic (exact) mass is 241 g/mol. The van der Waals surface area contributed by atoms with Gasteiger partial charge in [-0.1, -0.05) is 11.6 Å². The quantitative estimate of drug-likeness (QED) is 0.640. The molecular formula is C10H8ClNO2S. The third-order valence-electron chi connectivity index (χ3n) is 1.70. The summed E-state index contributed by atoms with van der Waals surface area (Å²) < 4.78 is 4.81. The molecule has 15 heavy (non-hydrogen) atoms. The number of carbonyl (C=O) groups is 1. The van der Waals surface area contributed by atoms with Gasteiger partial charge in [-0.3, -0.25) is 0 Å². The number of rotatable bonds is 2. The SMILES string of the molecule is CCOC(=O)c1cc(C#N)c(Cl)cc1S. The largest absolute Gasteiger partial charge is 0.462 e. The van der Waals surface area contributed by atoms with Gasteiger partial charge in [-0.15, -0.1) is 12.6 Å². The topological polar surface area (TPSA) is 50.1 Å². The van der Waals surface area contributed by atoms with Crippen LogP contribution in [0.5, 0.6) is 0 Å². The van der Waals surface area contributed by atoms with Crippen molar-refractivity contribution in [1.82, 2.24) is 0 Å². The summed E-state index contributed by atoms with van der Waals surface area (Å²) in [4.78, 5) is 11.8. The van der Waals surface area contributed by atoms with E-state index in [0.29, 0.717) is 4.90 Å². The molecule has 0 spiro atoms. The molecule has 0 aliphatic carbocycles. The Bertz CT molecular complexity index is 440. The van der Waals surface area contributed by atoms with Crippen LogP contribution in [0, 0.1) is 11.3 Å². The molecule has 0 radical (unpaired) electrons. The predicted octanol–water partition coefficient (Wildman–Crippen LogP) is 2.68. The van der Waals surface area contributed by atoms with Crippen molar-refractivity contribution in [3.8, 4) is 6.07 Å². The number of hydrogen-bond acceptors (Lipinski definition) is 4. The Labute approximate surface area is 98.0 Å². The maximum Gasteiger partial charge on any atom is 0.339 e. The van der Waals surface area contributed by atoms with E-state index in [9.17, 15) is 4.79 Å². The second-order valence-corrected chi connectivity index (χ2v) is 3.57. The molecule has 0 bridgehead atoms. The number of esters is 1. The van der Waals surface area contributed by atoms with Gasteiger partial charge in [0, 0.05) is 4.90 Å². The van der Waals surface area contributed by atoms with Gasteiger partial charge in [-0.2, -0.15) is 5.26 Å². The minimum Gasteiger partial charge on any atom is -0.462 e. The maximum absolute atomic E-state index is 11.4. The number of carbonyl (C=O) groups excluding carboxylic acids is 1. The van der Waals surface area contributed by atoms with Crippen molar-refractivity contribution in [2.24, 2.45) is 0 Å². The standard InChI is InChI=1S/C10H8ClNO2S/c1-2-14-10(13)7-3-6(5-12)8(11)4-9(7)15/h3-4,15H,2H2,1H3. The number of benzene rings is 1. The summed E-state index contributed by atoms with van der Waals surface area (Å²) in [5, 5.41) is 9.01. The van der Waals surface area contributed by atoms with E-state index in [1.165, 1.54) is 12.1 Å². The Kier molecular flexibility index (Phi) is 4.01. The van der Waals surface area contributed by atoms with Crippen LogP contribution in [0.1, 0.15) is 22.8 Å². The van der Waals surface area contributed by atoms with Crippen molar-refractivity contribution in [1.29, 1.82) is 5.26 Å². The lowest BCUT2D eigenvalue weighted by Crippen LogP contribution is -2.06. The lowest BCUT2D eigenvalue weighted by Gasteiger charge is -2.05. The molecule has 0 heterocycles. The average Bonchev–Trinajstić information content (AvgIpc) is 2.18. The summed E-state index contributed by atoms with van der Waals surface area (Å²) in [7, 11) is 0. The molecular weight excluding hydrogens is 234 g/mol. The highest BCUT2D eigenvalue weighted by molar-refractivity contribution is 7.80. The first-order valence-corrected chi connectivity index (χ1v) is 5.02. The van der Waals surface area contributed by atoms with Crippen LogP contribution in [-0.2, 0) is 4.74 Å². The molecule has 0 fully saturated rings. The van der Waals surface area contributed by atoms with Crippen molar-refractivity contribution < 1.29 is 9.53 Å². The minimum atomic E-state index is -0.504. The molecule has 0 atom stereocenters. The van der Waals surface area contributed by atoms with E-state index >= 15 is 0 Å². The summed E-state index contributed by atoms with van der Waals surface area (Å²) in [6.45, 7) is 1.98. The highest BCUT2D eigenvalue weighted by Gasteiger charge is 2.13. The number of hydrogen-bond donors (Lipinski definition) is 1. The molecule has 0 aliphatic rings. The molecule has 1 aromatic carbocycles. The van der Waals surface area contributed by atoms with Gasteiger partial charge in [-0.25, -0.2) is 4.79 Å². The second kappa shape index (κ2) is 5.06. The lowest BCUT2D eigenvalue weighted by molar-refractivity contribution is 0.0522. The van der Waals surface area contributed by atoms with Crippen molar-refractivity contribution in [3.63, 3.8) is 0 Å². The van der Waals surface area contributed by atoms with Gasteiger partial charge < -0.3 is 4.74 Å². The highest BCUT2D eigenvalue weighted by Crippen LogP contribution is 2.24. The van der Waals surface area contributed by atoms with Gasteiger partial charge in [0.25, 0.3) is 0 Å². The Balaban J connectivity index is 3.20. The summed E-state index contributed by atoms with van der Waals surface area (Å²) >= 11 is 9.85. The van der Waals surface area contributed by atoms with E-state index in [-0.39, 0.29) is 22.8 Å². The summed E-state index contributed by atoms with van der Waals surface area (Å²) in [5.74, 6) is -0.504. The zero-order valence-corrected chi connectivity index (χ0v) is 9.60. The van der Waals surface area contributed by atoms with Crippen molar-refractivity contribution in [2.75, 3.05) is 6.61 Å². The van der Waals surface area contributed by atoms with Crippen LogP contribution in [0.4, 0.5) is 0 Å². The molecule has 5 heteroatoms. The van der Waals surface area contributed by atoms with E-state index in [1.807, 2.05) is 6.07 Å². The molecule has 0 aromatic heterocycles. The first-order chi connectivity index (χ1) is 7.10. The van der Waals surface area contributed by atoms with Gasteiger partial charge in [0.05, 0.1) is 22.8 Å². The van der Waals surface area contributed by atoms with E-state index in [4.69, 9.17) is 21.6 Å². The minimum absolute atomic E-state index is 0.234. The van der Waals surface area contributed by atoms with E-state index in [0.717, 1.165) is 0 Å². The highest BCUT2D eigenvalue weighted by atomic mass is 35.5. The molecule has 1 rings (SSSR count). The van der Waals surface area contributed by atoms with Crippen molar-refractivity contribution >= 4 is 30.2 Å². The fourth-order valence-corrected chi connectivity index (χ4v) is 1.59. The molecule has 0 saturated heterocycles.